The lowest BCUT2D eigenvalue weighted by Gasteiger charge is -2.41. The van der Waals surface area contributed by atoms with Gasteiger partial charge in [-0.3, -0.25) is 4.79 Å². The minimum atomic E-state index is -4.01. The van der Waals surface area contributed by atoms with Gasteiger partial charge in [-0.15, -0.1) is 0 Å². The number of piperidine rings is 1. The first kappa shape index (κ1) is 24.3. The first-order valence-electron chi connectivity index (χ1n) is 11.4. The second-order valence-corrected chi connectivity index (χ2v) is 10.3. The molecule has 1 amide bonds. The summed E-state index contributed by atoms with van der Waals surface area (Å²) >= 11 is 0. The molecule has 0 saturated carbocycles. The third-order valence-corrected chi connectivity index (χ3v) is 8.41. The number of amides is 1. The second kappa shape index (κ2) is 10.2. The maximum absolute atomic E-state index is 14.2. The number of halogens is 1. The van der Waals surface area contributed by atoms with Crippen LogP contribution in [0.5, 0.6) is 11.5 Å². The Balaban J connectivity index is 1.53. The van der Waals surface area contributed by atoms with Crippen LogP contribution in [0.25, 0.3) is 0 Å². The van der Waals surface area contributed by atoms with Crippen LogP contribution in [-0.4, -0.2) is 76.5 Å². The number of methoxy groups -OCH3 is 2. The van der Waals surface area contributed by atoms with Gasteiger partial charge in [-0.05, 0) is 37.1 Å². The van der Waals surface area contributed by atoms with Crippen molar-refractivity contribution in [3.8, 4) is 11.5 Å². The number of benzene rings is 2. The summed E-state index contributed by atoms with van der Waals surface area (Å²) < 4.78 is 53.3. The molecule has 2 fully saturated rings. The van der Waals surface area contributed by atoms with Crippen LogP contribution < -0.4 is 14.4 Å². The molecule has 34 heavy (non-hydrogen) atoms. The fourth-order valence-corrected chi connectivity index (χ4v) is 6.46. The SMILES string of the molecule is COc1ccc(OC)c(S(=O)(=O)N2CCCCC2C(=O)N2CCN(c3ccccc3F)CC2)c1. The van der Waals surface area contributed by atoms with Crippen LogP contribution in [0.15, 0.2) is 47.4 Å². The van der Waals surface area contributed by atoms with E-state index in [9.17, 15) is 17.6 Å². The molecule has 184 valence electrons. The number of piperazine rings is 1. The van der Waals surface area contributed by atoms with Crippen molar-refractivity contribution < 1.29 is 27.1 Å². The van der Waals surface area contributed by atoms with Crippen molar-refractivity contribution in [2.75, 3.05) is 51.8 Å². The molecule has 0 radical (unpaired) electrons. The normalized spacial score (nSPS) is 19.7. The summed E-state index contributed by atoms with van der Waals surface area (Å²) in [6.07, 6.45) is 1.90. The zero-order chi connectivity index (χ0) is 24.3. The molecule has 2 aliphatic rings. The average molecular weight is 492 g/mol. The Kier molecular flexibility index (Phi) is 7.27. The van der Waals surface area contributed by atoms with Crippen molar-refractivity contribution in [2.45, 2.75) is 30.2 Å². The predicted molar refractivity (Wildman–Crippen MR) is 126 cm³/mol. The molecule has 0 aromatic heterocycles. The number of anilines is 1. The van der Waals surface area contributed by atoms with E-state index in [0.717, 1.165) is 6.42 Å². The molecule has 2 aromatic carbocycles. The molecule has 0 aliphatic carbocycles. The Labute approximate surface area is 199 Å². The summed E-state index contributed by atoms with van der Waals surface area (Å²) in [6.45, 7) is 2.03. The minimum absolute atomic E-state index is 0.0153. The summed E-state index contributed by atoms with van der Waals surface area (Å²) in [5.41, 5.74) is 0.515. The van der Waals surface area contributed by atoms with E-state index < -0.39 is 16.1 Å². The number of para-hydroxylation sites is 1. The molecule has 4 rings (SSSR count). The molecule has 0 bridgehead atoms. The van der Waals surface area contributed by atoms with Crippen molar-refractivity contribution in [2.24, 2.45) is 0 Å². The standard InChI is InChI=1S/C24H30FN3O5S/c1-32-18-10-11-22(33-2)23(17-18)34(30,31)28-12-6-5-9-21(28)24(29)27-15-13-26(14-16-27)20-8-4-3-7-19(20)25/h3-4,7-8,10-11,17,21H,5-6,9,12-16H2,1-2H3. The number of hydrogen-bond acceptors (Lipinski definition) is 6. The zero-order valence-electron chi connectivity index (χ0n) is 19.4. The molecule has 10 heteroatoms. The molecular weight excluding hydrogens is 461 g/mol. The van der Waals surface area contributed by atoms with Crippen LogP contribution in [0.2, 0.25) is 0 Å². The lowest BCUT2D eigenvalue weighted by Crippen LogP contribution is -2.57. The molecule has 0 N–H and O–H groups in total. The van der Waals surface area contributed by atoms with Gasteiger partial charge >= 0.3 is 0 Å². The van der Waals surface area contributed by atoms with Gasteiger partial charge in [0, 0.05) is 38.8 Å². The zero-order valence-corrected chi connectivity index (χ0v) is 20.3. The van der Waals surface area contributed by atoms with Gasteiger partial charge in [0.2, 0.25) is 15.9 Å². The van der Waals surface area contributed by atoms with Gasteiger partial charge in [0.15, 0.2) is 0 Å². The van der Waals surface area contributed by atoms with Gasteiger partial charge in [-0.25, -0.2) is 12.8 Å². The minimum Gasteiger partial charge on any atom is -0.497 e. The maximum Gasteiger partial charge on any atom is 0.247 e. The number of hydrogen-bond donors (Lipinski definition) is 0. The monoisotopic (exact) mass is 491 g/mol. The molecule has 1 atom stereocenters. The molecule has 1 unspecified atom stereocenters. The number of nitrogens with zero attached hydrogens (tertiary/aromatic N) is 3. The van der Waals surface area contributed by atoms with Crippen molar-refractivity contribution in [1.29, 1.82) is 0 Å². The highest BCUT2D eigenvalue weighted by Crippen LogP contribution is 2.34. The van der Waals surface area contributed by atoms with Crippen LogP contribution in [-0.2, 0) is 14.8 Å². The molecule has 0 spiro atoms. The van der Waals surface area contributed by atoms with Gasteiger partial charge < -0.3 is 19.3 Å². The average Bonchev–Trinajstić information content (AvgIpc) is 2.88. The molecule has 2 aromatic rings. The van der Waals surface area contributed by atoms with Crippen molar-refractivity contribution in [1.82, 2.24) is 9.21 Å². The van der Waals surface area contributed by atoms with E-state index in [0.29, 0.717) is 50.5 Å². The Hall–Kier alpha value is -2.85. The summed E-state index contributed by atoms with van der Waals surface area (Å²) in [4.78, 5) is 17.1. The van der Waals surface area contributed by atoms with E-state index in [1.54, 1.807) is 35.2 Å². The largest absolute Gasteiger partial charge is 0.497 e. The topological polar surface area (TPSA) is 79.4 Å². The van der Waals surface area contributed by atoms with Crippen molar-refractivity contribution >= 4 is 21.6 Å². The Morgan fingerprint density at radius 2 is 1.71 bits per heavy atom. The Bertz CT molecular complexity index is 1140. The third kappa shape index (κ3) is 4.69. The molecule has 2 saturated heterocycles. The summed E-state index contributed by atoms with van der Waals surface area (Å²) in [7, 11) is -1.13. The predicted octanol–water partition coefficient (Wildman–Crippen LogP) is 2.73. The Morgan fingerprint density at radius 1 is 0.971 bits per heavy atom. The summed E-state index contributed by atoms with van der Waals surface area (Å²) in [6, 6.07) is 10.4. The quantitative estimate of drug-likeness (QED) is 0.618. The number of ether oxygens (including phenoxy) is 2. The van der Waals surface area contributed by atoms with Gasteiger partial charge in [0.25, 0.3) is 0 Å². The van der Waals surface area contributed by atoms with E-state index in [1.807, 2.05) is 4.90 Å². The van der Waals surface area contributed by atoms with Crippen LogP contribution in [0, 0.1) is 5.82 Å². The number of carbonyl (C=O) groups excluding carboxylic acids is 1. The molecule has 2 aliphatic heterocycles. The fourth-order valence-electron chi connectivity index (χ4n) is 4.64. The van der Waals surface area contributed by atoms with Crippen molar-refractivity contribution in [3.05, 3.63) is 48.3 Å². The van der Waals surface area contributed by atoms with E-state index >= 15 is 0 Å². The van der Waals surface area contributed by atoms with Crippen LogP contribution >= 0.6 is 0 Å². The Morgan fingerprint density at radius 3 is 2.38 bits per heavy atom. The van der Waals surface area contributed by atoms with E-state index in [4.69, 9.17) is 9.47 Å². The fraction of sp³-hybridized carbons (Fsp3) is 0.458. The van der Waals surface area contributed by atoms with Crippen molar-refractivity contribution in [3.63, 3.8) is 0 Å². The lowest BCUT2D eigenvalue weighted by atomic mass is 10.0. The first-order chi connectivity index (χ1) is 16.4. The number of sulfonamides is 1. The number of rotatable bonds is 6. The third-order valence-electron chi connectivity index (χ3n) is 6.48. The highest BCUT2D eigenvalue weighted by molar-refractivity contribution is 7.89. The maximum atomic E-state index is 14.2. The van der Waals surface area contributed by atoms with Crippen LogP contribution in [0.4, 0.5) is 10.1 Å². The highest BCUT2D eigenvalue weighted by atomic mass is 32.2. The van der Waals surface area contributed by atoms with Gasteiger partial charge in [0.05, 0.1) is 19.9 Å². The molecule has 2 heterocycles. The molecular formula is C24H30FN3O5S. The highest BCUT2D eigenvalue weighted by Gasteiger charge is 2.41. The van der Waals surface area contributed by atoms with Crippen LogP contribution in [0.3, 0.4) is 0 Å². The molecule has 8 nitrogen and oxygen atoms in total. The van der Waals surface area contributed by atoms with E-state index in [1.165, 1.54) is 30.7 Å². The van der Waals surface area contributed by atoms with E-state index in [-0.39, 0.29) is 28.9 Å². The van der Waals surface area contributed by atoms with Gasteiger partial charge in [-0.2, -0.15) is 4.31 Å². The lowest BCUT2D eigenvalue weighted by molar-refractivity contribution is -0.136. The van der Waals surface area contributed by atoms with Crippen LogP contribution in [0.1, 0.15) is 19.3 Å². The smallest absolute Gasteiger partial charge is 0.247 e. The number of carbonyl (C=O) groups is 1. The van der Waals surface area contributed by atoms with Gasteiger partial charge in [0.1, 0.15) is 28.3 Å². The van der Waals surface area contributed by atoms with E-state index in [2.05, 4.69) is 0 Å². The summed E-state index contributed by atoms with van der Waals surface area (Å²) in [5.74, 6) is 0.0944. The van der Waals surface area contributed by atoms with Gasteiger partial charge in [-0.1, -0.05) is 18.6 Å². The first-order valence-corrected chi connectivity index (χ1v) is 12.8. The summed E-state index contributed by atoms with van der Waals surface area (Å²) in [5, 5.41) is 0. The second-order valence-electron chi connectivity index (χ2n) is 8.41.